The molecular formula is C16H22N6O2. The Labute approximate surface area is 140 Å². The molecule has 0 N–H and O–H groups in total. The monoisotopic (exact) mass is 330 g/mol. The minimum atomic E-state index is -0.435. The Bertz CT molecular complexity index is 792. The van der Waals surface area contributed by atoms with Crippen molar-refractivity contribution in [2.24, 2.45) is 20.0 Å². The number of aromatic nitrogens is 4. The van der Waals surface area contributed by atoms with Gasteiger partial charge in [0.1, 0.15) is 0 Å². The highest BCUT2D eigenvalue weighted by atomic mass is 16.2. The first-order chi connectivity index (χ1) is 11.3. The highest BCUT2D eigenvalue weighted by Crippen LogP contribution is 2.39. The molecule has 24 heavy (non-hydrogen) atoms. The quantitative estimate of drug-likeness (QED) is 0.828. The van der Waals surface area contributed by atoms with Crippen molar-refractivity contribution in [1.82, 2.24) is 24.5 Å². The lowest BCUT2D eigenvalue weighted by molar-refractivity contribution is -0.128. The molecule has 8 nitrogen and oxygen atoms in total. The molecule has 0 radical (unpaired) electrons. The van der Waals surface area contributed by atoms with Crippen LogP contribution in [0.1, 0.15) is 23.7 Å². The number of hydrogen-bond acceptors (Lipinski definition) is 4. The highest BCUT2D eigenvalue weighted by molar-refractivity contribution is 5.99. The lowest BCUT2D eigenvalue weighted by Crippen LogP contribution is -2.36. The summed E-state index contributed by atoms with van der Waals surface area (Å²) in [7, 11) is 7.12. The average Bonchev–Trinajstić information content (AvgIpc) is 3.20. The van der Waals surface area contributed by atoms with Gasteiger partial charge < -0.3 is 9.80 Å². The van der Waals surface area contributed by atoms with Crippen LogP contribution in [-0.4, -0.2) is 50.4 Å². The van der Waals surface area contributed by atoms with E-state index in [1.807, 2.05) is 14.0 Å². The van der Waals surface area contributed by atoms with Gasteiger partial charge in [-0.25, -0.2) is 0 Å². The van der Waals surface area contributed by atoms with Gasteiger partial charge >= 0.3 is 0 Å². The summed E-state index contributed by atoms with van der Waals surface area (Å²) in [5.74, 6) is -0.550. The second-order valence-corrected chi connectivity index (χ2v) is 6.34. The smallest absolute Gasteiger partial charge is 0.232 e. The maximum atomic E-state index is 13.0. The Morgan fingerprint density at radius 3 is 2.50 bits per heavy atom. The zero-order valence-corrected chi connectivity index (χ0v) is 14.6. The van der Waals surface area contributed by atoms with Crippen LogP contribution >= 0.6 is 0 Å². The van der Waals surface area contributed by atoms with Gasteiger partial charge in [0, 0.05) is 52.1 Å². The van der Waals surface area contributed by atoms with Gasteiger partial charge in [0.05, 0.1) is 30.0 Å². The summed E-state index contributed by atoms with van der Waals surface area (Å²) in [6, 6.07) is -0.294. The van der Waals surface area contributed by atoms with Crippen molar-refractivity contribution in [2.45, 2.75) is 19.4 Å². The van der Waals surface area contributed by atoms with Gasteiger partial charge in [0.15, 0.2) is 0 Å². The molecule has 2 aromatic heterocycles. The third-order valence-electron chi connectivity index (χ3n) is 4.90. The van der Waals surface area contributed by atoms with Crippen LogP contribution < -0.4 is 4.90 Å². The van der Waals surface area contributed by atoms with Gasteiger partial charge in [-0.3, -0.25) is 19.0 Å². The summed E-state index contributed by atoms with van der Waals surface area (Å²) >= 11 is 0. The fraction of sp³-hybridized carbons (Fsp3) is 0.500. The Kier molecular flexibility index (Phi) is 3.90. The Hall–Kier alpha value is -2.64. The molecule has 8 heteroatoms. The largest absolute Gasteiger partial charge is 0.338 e. The van der Waals surface area contributed by atoms with Gasteiger partial charge in [-0.2, -0.15) is 10.2 Å². The van der Waals surface area contributed by atoms with E-state index in [4.69, 9.17) is 0 Å². The van der Waals surface area contributed by atoms with E-state index in [1.165, 1.54) is 0 Å². The summed E-state index contributed by atoms with van der Waals surface area (Å²) in [5.41, 5.74) is 2.60. The molecule has 0 saturated carbocycles. The average molecular weight is 330 g/mol. The first kappa shape index (κ1) is 16.2. The van der Waals surface area contributed by atoms with E-state index >= 15 is 0 Å². The molecule has 2 aromatic rings. The second kappa shape index (κ2) is 5.77. The van der Waals surface area contributed by atoms with E-state index in [0.717, 1.165) is 11.3 Å². The molecule has 2 atom stereocenters. The van der Waals surface area contributed by atoms with E-state index in [0.29, 0.717) is 5.69 Å². The molecule has 1 saturated heterocycles. The van der Waals surface area contributed by atoms with Crippen molar-refractivity contribution < 1.29 is 9.59 Å². The Morgan fingerprint density at radius 1 is 1.25 bits per heavy atom. The first-order valence-electron chi connectivity index (χ1n) is 7.81. The van der Waals surface area contributed by atoms with Gasteiger partial charge in [-0.15, -0.1) is 0 Å². The molecule has 3 rings (SSSR count). The molecule has 1 aliphatic rings. The predicted octanol–water partition coefficient (Wildman–Crippen LogP) is 0.644. The molecule has 3 heterocycles. The molecule has 0 spiro atoms. The number of carbonyl (C=O) groups excluding carboxylic acids is 2. The first-order valence-corrected chi connectivity index (χ1v) is 7.81. The van der Waals surface area contributed by atoms with Crippen LogP contribution in [0.2, 0.25) is 0 Å². The zero-order valence-electron chi connectivity index (χ0n) is 14.6. The molecule has 0 aliphatic carbocycles. The molecule has 0 aromatic carbocycles. The van der Waals surface area contributed by atoms with Gasteiger partial charge in [0.2, 0.25) is 11.8 Å². The molecule has 0 unspecified atom stereocenters. The lowest BCUT2D eigenvalue weighted by atomic mass is 9.92. The van der Waals surface area contributed by atoms with E-state index in [9.17, 15) is 9.59 Å². The third kappa shape index (κ3) is 2.47. The van der Waals surface area contributed by atoms with E-state index in [-0.39, 0.29) is 24.3 Å². The number of amides is 2. The SMILES string of the molecule is Cc1c([C@@H]2[C@@H](C(=O)N(C)c3cnn(C)c3)CC(=O)N2C)cnn1C. The van der Waals surface area contributed by atoms with Gasteiger partial charge in [-0.1, -0.05) is 0 Å². The molecule has 128 valence electrons. The summed E-state index contributed by atoms with van der Waals surface area (Å²) < 4.78 is 3.41. The van der Waals surface area contributed by atoms with Crippen LogP contribution in [0.3, 0.4) is 0 Å². The summed E-state index contributed by atoms with van der Waals surface area (Å²) in [6.07, 6.45) is 5.38. The number of hydrogen-bond donors (Lipinski definition) is 0. The van der Waals surface area contributed by atoms with Gasteiger partial charge in [-0.05, 0) is 6.92 Å². The van der Waals surface area contributed by atoms with Crippen LogP contribution in [-0.2, 0) is 23.7 Å². The summed E-state index contributed by atoms with van der Waals surface area (Å²) in [6.45, 7) is 1.95. The second-order valence-electron chi connectivity index (χ2n) is 6.34. The summed E-state index contributed by atoms with van der Waals surface area (Å²) in [4.78, 5) is 28.5. The Morgan fingerprint density at radius 2 is 1.96 bits per heavy atom. The number of nitrogens with zero attached hydrogens (tertiary/aromatic N) is 6. The number of aryl methyl sites for hydroxylation is 2. The highest BCUT2D eigenvalue weighted by Gasteiger charge is 2.45. The normalized spacial score (nSPS) is 20.7. The molecule has 1 fully saturated rings. The Balaban J connectivity index is 1.94. The molecule has 1 aliphatic heterocycles. The minimum Gasteiger partial charge on any atom is -0.338 e. The lowest BCUT2D eigenvalue weighted by Gasteiger charge is -2.27. The number of likely N-dealkylation sites (tertiary alicyclic amines) is 1. The van der Waals surface area contributed by atoms with E-state index < -0.39 is 5.92 Å². The minimum absolute atomic E-state index is 0.0267. The zero-order chi connectivity index (χ0) is 17.6. The van der Waals surface area contributed by atoms with Crippen LogP contribution in [0.5, 0.6) is 0 Å². The van der Waals surface area contributed by atoms with Crippen molar-refractivity contribution in [3.63, 3.8) is 0 Å². The number of rotatable bonds is 3. The third-order valence-corrected chi connectivity index (χ3v) is 4.90. The van der Waals surface area contributed by atoms with E-state index in [2.05, 4.69) is 10.2 Å². The van der Waals surface area contributed by atoms with E-state index in [1.54, 1.807) is 58.9 Å². The fourth-order valence-corrected chi connectivity index (χ4v) is 3.28. The topological polar surface area (TPSA) is 76.3 Å². The van der Waals surface area contributed by atoms with Crippen LogP contribution in [0.4, 0.5) is 5.69 Å². The fourth-order valence-electron chi connectivity index (χ4n) is 3.28. The number of carbonyl (C=O) groups is 2. The number of anilines is 1. The van der Waals surface area contributed by atoms with Crippen molar-refractivity contribution in [2.75, 3.05) is 19.0 Å². The van der Waals surface area contributed by atoms with Crippen molar-refractivity contribution >= 4 is 17.5 Å². The summed E-state index contributed by atoms with van der Waals surface area (Å²) in [5, 5.41) is 8.36. The van der Waals surface area contributed by atoms with Crippen molar-refractivity contribution in [3.8, 4) is 0 Å². The standard InChI is InChI=1S/C16H22N6O2/c1-10-13(8-18-22(10)5)15-12(6-14(23)21(15)4)16(24)20(3)11-7-17-19(2)9-11/h7-9,12,15H,6H2,1-5H3/t12-,15-/m0/s1. The molecule has 2 amide bonds. The van der Waals surface area contributed by atoms with Crippen LogP contribution in [0, 0.1) is 12.8 Å². The maximum Gasteiger partial charge on any atom is 0.232 e. The maximum absolute atomic E-state index is 13.0. The van der Waals surface area contributed by atoms with Gasteiger partial charge in [0.25, 0.3) is 0 Å². The molecular weight excluding hydrogens is 308 g/mol. The van der Waals surface area contributed by atoms with Crippen molar-refractivity contribution in [1.29, 1.82) is 0 Å². The molecule has 0 bridgehead atoms. The predicted molar refractivity (Wildman–Crippen MR) is 88.2 cm³/mol. The van der Waals surface area contributed by atoms with Crippen LogP contribution in [0.25, 0.3) is 0 Å². The van der Waals surface area contributed by atoms with Crippen LogP contribution in [0.15, 0.2) is 18.6 Å². The van der Waals surface area contributed by atoms with Crippen molar-refractivity contribution in [3.05, 3.63) is 29.8 Å².